The van der Waals surface area contributed by atoms with E-state index in [9.17, 15) is 9.59 Å². The summed E-state index contributed by atoms with van der Waals surface area (Å²) in [7, 11) is 0. The summed E-state index contributed by atoms with van der Waals surface area (Å²) in [6.07, 6.45) is 1.58. The van der Waals surface area contributed by atoms with Crippen LogP contribution in [0.5, 0.6) is 0 Å². The van der Waals surface area contributed by atoms with Crippen molar-refractivity contribution in [3.05, 3.63) is 47.5 Å². The van der Waals surface area contributed by atoms with Crippen molar-refractivity contribution >= 4 is 17.0 Å². The molecule has 1 amide bonds. The SMILES string of the molecule is C=CCNC(=O)Cn1c(=O)oc2ccccc21. The zero-order valence-electron chi connectivity index (χ0n) is 9.18. The molecule has 0 aliphatic carbocycles. The van der Waals surface area contributed by atoms with Gasteiger partial charge in [-0.15, -0.1) is 6.58 Å². The second kappa shape index (κ2) is 4.69. The molecule has 88 valence electrons. The second-order valence-electron chi connectivity index (χ2n) is 3.51. The Morgan fingerprint density at radius 2 is 2.24 bits per heavy atom. The summed E-state index contributed by atoms with van der Waals surface area (Å²) in [5, 5.41) is 2.60. The summed E-state index contributed by atoms with van der Waals surface area (Å²) in [5.41, 5.74) is 1.10. The largest absolute Gasteiger partial charge is 0.420 e. The topological polar surface area (TPSA) is 64.2 Å². The highest BCUT2D eigenvalue weighted by atomic mass is 16.4. The number of nitrogens with zero attached hydrogens (tertiary/aromatic N) is 1. The maximum absolute atomic E-state index is 11.5. The Kier molecular flexibility index (Phi) is 3.09. The van der Waals surface area contributed by atoms with Gasteiger partial charge in [-0.05, 0) is 12.1 Å². The summed E-state index contributed by atoms with van der Waals surface area (Å²) in [6.45, 7) is 3.82. The van der Waals surface area contributed by atoms with Crippen molar-refractivity contribution in [2.24, 2.45) is 0 Å². The number of hydrogen-bond acceptors (Lipinski definition) is 3. The first-order valence-electron chi connectivity index (χ1n) is 5.18. The molecule has 0 radical (unpaired) electrons. The minimum absolute atomic E-state index is 0.0519. The molecule has 0 bridgehead atoms. The van der Waals surface area contributed by atoms with Gasteiger partial charge in [0.25, 0.3) is 0 Å². The molecule has 1 aromatic carbocycles. The number of oxazole rings is 1. The first-order chi connectivity index (χ1) is 8.22. The molecular weight excluding hydrogens is 220 g/mol. The summed E-state index contributed by atoms with van der Waals surface area (Å²) in [6, 6.07) is 6.98. The first kappa shape index (κ1) is 11.2. The highest BCUT2D eigenvalue weighted by Gasteiger charge is 2.11. The van der Waals surface area contributed by atoms with Crippen LogP contribution in [0.2, 0.25) is 0 Å². The fourth-order valence-corrected chi connectivity index (χ4v) is 1.55. The summed E-state index contributed by atoms with van der Waals surface area (Å²) in [5.74, 6) is -0.779. The van der Waals surface area contributed by atoms with E-state index in [1.165, 1.54) is 4.57 Å². The third kappa shape index (κ3) is 2.28. The summed E-state index contributed by atoms with van der Waals surface area (Å²) >= 11 is 0. The van der Waals surface area contributed by atoms with Gasteiger partial charge in [0.15, 0.2) is 5.58 Å². The van der Waals surface area contributed by atoms with Crippen LogP contribution in [0.25, 0.3) is 11.1 Å². The molecule has 1 heterocycles. The van der Waals surface area contributed by atoms with Crippen LogP contribution < -0.4 is 11.1 Å². The number of nitrogens with one attached hydrogen (secondary N) is 1. The molecule has 0 fully saturated rings. The van der Waals surface area contributed by atoms with Gasteiger partial charge in [-0.1, -0.05) is 18.2 Å². The standard InChI is InChI=1S/C12H12N2O3/c1-2-7-13-11(15)8-14-9-5-3-4-6-10(9)17-12(14)16/h2-6H,1,7-8H2,(H,13,15). The molecular formula is C12H12N2O3. The number of carbonyl (C=O) groups is 1. The number of hydrogen-bond donors (Lipinski definition) is 1. The Bertz CT molecular complexity index is 609. The number of para-hydroxylation sites is 2. The van der Waals surface area contributed by atoms with E-state index in [4.69, 9.17) is 4.42 Å². The van der Waals surface area contributed by atoms with Crippen molar-refractivity contribution in [1.82, 2.24) is 9.88 Å². The fraction of sp³-hybridized carbons (Fsp3) is 0.167. The van der Waals surface area contributed by atoms with E-state index in [0.29, 0.717) is 17.6 Å². The molecule has 0 saturated heterocycles. The number of aromatic nitrogens is 1. The zero-order chi connectivity index (χ0) is 12.3. The van der Waals surface area contributed by atoms with Gasteiger partial charge >= 0.3 is 5.76 Å². The quantitative estimate of drug-likeness (QED) is 0.796. The Hall–Kier alpha value is -2.30. The predicted octanol–water partition coefficient (Wildman–Crippen LogP) is 0.897. The van der Waals surface area contributed by atoms with Gasteiger partial charge in [0.2, 0.25) is 5.91 Å². The Morgan fingerprint density at radius 3 is 3.00 bits per heavy atom. The predicted molar refractivity (Wildman–Crippen MR) is 63.7 cm³/mol. The molecule has 1 N–H and O–H groups in total. The third-order valence-corrected chi connectivity index (χ3v) is 2.32. The van der Waals surface area contributed by atoms with Crippen molar-refractivity contribution < 1.29 is 9.21 Å². The van der Waals surface area contributed by atoms with Gasteiger partial charge < -0.3 is 9.73 Å². The van der Waals surface area contributed by atoms with Gasteiger partial charge in [-0.2, -0.15) is 0 Å². The lowest BCUT2D eigenvalue weighted by Gasteiger charge is -2.02. The summed E-state index contributed by atoms with van der Waals surface area (Å²) < 4.78 is 6.31. The van der Waals surface area contributed by atoms with E-state index in [0.717, 1.165) is 0 Å². The molecule has 5 heteroatoms. The maximum Gasteiger partial charge on any atom is 0.420 e. The highest BCUT2D eigenvalue weighted by molar-refractivity contribution is 5.79. The van der Waals surface area contributed by atoms with E-state index in [2.05, 4.69) is 11.9 Å². The smallest absolute Gasteiger partial charge is 0.408 e. The van der Waals surface area contributed by atoms with Crippen LogP contribution in [0.4, 0.5) is 0 Å². The van der Waals surface area contributed by atoms with Crippen molar-refractivity contribution in [1.29, 1.82) is 0 Å². The zero-order valence-corrected chi connectivity index (χ0v) is 9.18. The normalized spacial score (nSPS) is 10.4. The number of carbonyl (C=O) groups excluding carboxylic acids is 1. The van der Waals surface area contributed by atoms with Crippen LogP contribution in [0.1, 0.15) is 0 Å². The highest BCUT2D eigenvalue weighted by Crippen LogP contribution is 2.11. The van der Waals surface area contributed by atoms with Crippen LogP contribution in [0.15, 0.2) is 46.1 Å². The number of amides is 1. The minimum atomic E-state index is -0.528. The Balaban J connectivity index is 2.29. The molecule has 0 saturated carbocycles. The fourth-order valence-electron chi connectivity index (χ4n) is 1.55. The number of rotatable bonds is 4. The number of benzene rings is 1. The molecule has 0 aliphatic heterocycles. The van der Waals surface area contributed by atoms with Crippen LogP contribution in [0, 0.1) is 0 Å². The van der Waals surface area contributed by atoms with Crippen LogP contribution >= 0.6 is 0 Å². The average molecular weight is 232 g/mol. The van der Waals surface area contributed by atoms with Gasteiger partial charge in [-0.3, -0.25) is 9.36 Å². The molecule has 0 unspecified atom stereocenters. The van der Waals surface area contributed by atoms with Gasteiger partial charge in [0.1, 0.15) is 6.54 Å². The van der Waals surface area contributed by atoms with Crippen LogP contribution in [-0.4, -0.2) is 17.0 Å². The van der Waals surface area contributed by atoms with Gasteiger partial charge in [-0.25, -0.2) is 4.79 Å². The number of fused-ring (bicyclic) bond motifs is 1. The summed E-state index contributed by atoms with van der Waals surface area (Å²) in [4.78, 5) is 23.0. The molecule has 1 aromatic heterocycles. The molecule has 2 aromatic rings. The molecule has 0 atom stereocenters. The lowest BCUT2D eigenvalue weighted by molar-refractivity contribution is -0.121. The molecule has 0 aliphatic rings. The van der Waals surface area contributed by atoms with Crippen molar-refractivity contribution in [3.8, 4) is 0 Å². The molecule has 17 heavy (non-hydrogen) atoms. The van der Waals surface area contributed by atoms with Crippen molar-refractivity contribution in [2.45, 2.75) is 6.54 Å². The van der Waals surface area contributed by atoms with Crippen molar-refractivity contribution in [2.75, 3.05) is 6.54 Å². The van der Waals surface area contributed by atoms with Gasteiger partial charge in [0, 0.05) is 6.54 Å². The molecule has 0 spiro atoms. The average Bonchev–Trinajstić information content (AvgIpc) is 2.64. The van der Waals surface area contributed by atoms with E-state index in [1.54, 1.807) is 30.3 Å². The second-order valence-corrected chi connectivity index (χ2v) is 3.51. The Morgan fingerprint density at radius 1 is 1.47 bits per heavy atom. The van der Waals surface area contributed by atoms with E-state index >= 15 is 0 Å². The lowest BCUT2D eigenvalue weighted by Crippen LogP contribution is -2.30. The Labute approximate surface area is 97.3 Å². The molecule has 2 rings (SSSR count). The van der Waals surface area contributed by atoms with Gasteiger partial charge in [0.05, 0.1) is 5.52 Å². The van der Waals surface area contributed by atoms with E-state index in [1.807, 2.05) is 0 Å². The monoisotopic (exact) mass is 232 g/mol. The van der Waals surface area contributed by atoms with E-state index < -0.39 is 5.76 Å². The minimum Gasteiger partial charge on any atom is -0.408 e. The third-order valence-electron chi connectivity index (χ3n) is 2.32. The van der Waals surface area contributed by atoms with E-state index in [-0.39, 0.29) is 12.5 Å². The van der Waals surface area contributed by atoms with Crippen LogP contribution in [0.3, 0.4) is 0 Å². The van der Waals surface area contributed by atoms with Crippen LogP contribution in [-0.2, 0) is 11.3 Å². The van der Waals surface area contributed by atoms with Crippen molar-refractivity contribution in [3.63, 3.8) is 0 Å². The maximum atomic E-state index is 11.5. The lowest BCUT2D eigenvalue weighted by atomic mass is 10.3. The molecule has 5 nitrogen and oxygen atoms in total. The first-order valence-corrected chi connectivity index (χ1v) is 5.18.